The topological polar surface area (TPSA) is 81.7 Å². The van der Waals surface area contributed by atoms with Crippen LogP contribution in [0.3, 0.4) is 0 Å². The maximum absolute atomic E-state index is 12.2. The van der Waals surface area contributed by atoms with Crippen molar-refractivity contribution in [2.75, 3.05) is 11.9 Å². The summed E-state index contributed by atoms with van der Waals surface area (Å²) in [6.45, 7) is 7.77. The van der Waals surface area contributed by atoms with Gasteiger partial charge in [0.1, 0.15) is 5.75 Å². The Balaban J connectivity index is 1.80. The molecule has 7 heteroatoms. The summed E-state index contributed by atoms with van der Waals surface area (Å²) in [4.78, 5) is 38.4. The second-order valence-electron chi connectivity index (χ2n) is 6.33. The molecule has 2 aromatic rings. The van der Waals surface area contributed by atoms with Crippen LogP contribution in [-0.2, 0) is 14.3 Å². The second-order valence-corrected chi connectivity index (χ2v) is 7.79. The molecular formula is C21H25NO5S. The summed E-state index contributed by atoms with van der Waals surface area (Å²) in [7, 11) is 0. The Hall–Kier alpha value is -2.67. The normalized spacial score (nSPS) is 11.6. The molecular weight excluding hydrogens is 378 g/mol. The molecule has 1 amide bonds. The van der Waals surface area contributed by atoms with Crippen molar-refractivity contribution in [2.24, 2.45) is 0 Å². The zero-order valence-corrected chi connectivity index (χ0v) is 17.4. The molecule has 1 aromatic heterocycles. The van der Waals surface area contributed by atoms with Gasteiger partial charge in [0.05, 0.1) is 13.0 Å². The van der Waals surface area contributed by atoms with Crippen LogP contribution in [0, 0.1) is 13.8 Å². The fourth-order valence-electron chi connectivity index (χ4n) is 2.61. The van der Waals surface area contributed by atoms with Gasteiger partial charge in [-0.3, -0.25) is 14.4 Å². The lowest BCUT2D eigenvalue weighted by atomic mass is 10.1. The Morgan fingerprint density at radius 2 is 1.79 bits per heavy atom. The van der Waals surface area contributed by atoms with Crippen LogP contribution in [0.15, 0.2) is 30.3 Å². The first-order valence-electron chi connectivity index (χ1n) is 9.13. The molecule has 2 rings (SSSR count). The fraction of sp³-hybridized carbons (Fsp3) is 0.381. The number of anilines is 1. The molecule has 0 fully saturated rings. The Morgan fingerprint density at radius 3 is 2.36 bits per heavy atom. The maximum Gasteiger partial charge on any atom is 0.307 e. The Morgan fingerprint density at radius 1 is 1.11 bits per heavy atom. The molecule has 0 aliphatic heterocycles. The number of carbonyl (C=O) groups is 3. The van der Waals surface area contributed by atoms with E-state index in [1.165, 1.54) is 6.92 Å². The van der Waals surface area contributed by atoms with E-state index in [4.69, 9.17) is 9.47 Å². The van der Waals surface area contributed by atoms with Crippen LogP contribution in [0.1, 0.15) is 46.8 Å². The van der Waals surface area contributed by atoms with Gasteiger partial charge in [-0.25, -0.2) is 0 Å². The quantitative estimate of drug-likeness (QED) is 0.499. The third-order valence-corrected chi connectivity index (χ3v) is 4.97. The number of hydrogen-bond donors (Lipinski definition) is 1. The van der Waals surface area contributed by atoms with Crippen molar-refractivity contribution in [2.45, 2.75) is 46.6 Å². The van der Waals surface area contributed by atoms with Gasteiger partial charge in [0.2, 0.25) is 0 Å². The number of nitrogens with one attached hydrogen (secondary N) is 1. The van der Waals surface area contributed by atoms with E-state index >= 15 is 0 Å². The zero-order valence-electron chi connectivity index (χ0n) is 16.5. The lowest BCUT2D eigenvalue weighted by Gasteiger charge is -2.14. The highest BCUT2D eigenvalue weighted by atomic mass is 32.1. The summed E-state index contributed by atoms with van der Waals surface area (Å²) < 4.78 is 10.5. The van der Waals surface area contributed by atoms with Crippen LogP contribution < -0.4 is 10.1 Å². The van der Waals surface area contributed by atoms with E-state index in [0.717, 1.165) is 9.75 Å². The highest BCUT2D eigenvalue weighted by Crippen LogP contribution is 2.22. The largest absolute Gasteiger partial charge is 0.494 e. The summed E-state index contributed by atoms with van der Waals surface area (Å²) in [6.07, 6.45) is -0.962. The molecule has 0 aliphatic carbocycles. The van der Waals surface area contributed by atoms with Gasteiger partial charge in [-0.1, -0.05) is 0 Å². The number of Topliss-reactive ketones (excluding diaryl/α,β-unsaturated/α-hetero) is 1. The lowest BCUT2D eigenvalue weighted by molar-refractivity contribution is -0.153. The predicted molar refractivity (Wildman–Crippen MR) is 109 cm³/mol. The van der Waals surface area contributed by atoms with Crippen molar-refractivity contribution >= 4 is 34.7 Å². The first kappa shape index (κ1) is 21.6. The first-order chi connectivity index (χ1) is 13.3. The number of benzene rings is 1. The standard InChI is InChI=1S/C21H25NO5S/c1-5-26-17-8-6-16(7-9-17)22-21(25)14(3)27-20(24)11-10-19(23)18-12-13(2)28-15(18)4/h6-9,12,14H,5,10-11H2,1-4H3,(H,22,25)/t14-/m0/s1. The van der Waals surface area contributed by atoms with Crippen molar-refractivity contribution in [3.63, 3.8) is 0 Å². The number of hydrogen-bond acceptors (Lipinski definition) is 6. The second kappa shape index (κ2) is 10.0. The molecule has 0 bridgehead atoms. The highest BCUT2D eigenvalue weighted by Gasteiger charge is 2.20. The molecule has 1 N–H and O–H groups in total. The third-order valence-electron chi connectivity index (χ3n) is 4.01. The summed E-state index contributed by atoms with van der Waals surface area (Å²) >= 11 is 1.55. The van der Waals surface area contributed by atoms with Crippen molar-refractivity contribution in [3.05, 3.63) is 45.6 Å². The minimum absolute atomic E-state index is 0.0586. The number of ether oxygens (including phenoxy) is 2. The minimum atomic E-state index is -0.959. The zero-order chi connectivity index (χ0) is 20.7. The highest BCUT2D eigenvalue weighted by molar-refractivity contribution is 7.12. The van der Waals surface area contributed by atoms with Gasteiger partial charge in [-0.2, -0.15) is 0 Å². The molecule has 0 saturated carbocycles. The summed E-state index contributed by atoms with van der Waals surface area (Å²) in [5.41, 5.74) is 1.23. The number of aryl methyl sites for hydroxylation is 2. The van der Waals surface area contributed by atoms with Crippen LogP contribution in [0.25, 0.3) is 0 Å². The number of carbonyl (C=O) groups excluding carboxylic acids is 3. The van der Waals surface area contributed by atoms with Gasteiger partial charge >= 0.3 is 5.97 Å². The molecule has 1 aromatic carbocycles. The van der Waals surface area contributed by atoms with E-state index in [0.29, 0.717) is 23.6 Å². The van der Waals surface area contributed by atoms with Crippen molar-refractivity contribution < 1.29 is 23.9 Å². The van der Waals surface area contributed by atoms with Gasteiger partial charge in [0, 0.05) is 27.4 Å². The van der Waals surface area contributed by atoms with Crippen LogP contribution in [-0.4, -0.2) is 30.4 Å². The number of ketones is 1. The minimum Gasteiger partial charge on any atom is -0.494 e. The van der Waals surface area contributed by atoms with Crippen LogP contribution in [0.2, 0.25) is 0 Å². The summed E-state index contributed by atoms with van der Waals surface area (Å²) in [6, 6.07) is 8.74. The Kier molecular flexibility index (Phi) is 7.75. The van der Waals surface area contributed by atoms with E-state index in [2.05, 4.69) is 5.32 Å². The van der Waals surface area contributed by atoms with Crippen molar-refractivity contribution in [1.82, 2.24) is 0 Å². The van der Waals surface area contributed by atoms with E-state index < -0.39 is 18.0 Å². The SMILES string of the molecule is CCOc1ccc(NC(=O)[C@H](C)OC(=O)CCC(=O)c2cc(C)sc2C)cc1. The summed E-state index contributed by atoms with van der Waals surface area (Å²) in [5.74, 6) is -0.397. The van der Waals surface area contributed by atoms with E-state index in [1.807, 2.05) is 26.8 Å². The molecule has 0 saturated heterocycles. The maximum atomic E-state index is 12.2. The molecule has 150 valence electrons. The van der Waals surface area contributed by atoms with Crippen LogP contribution in [0.4, 0.5) is 5.69 Å². The first-order valence-corrected chi connectivity index (χ1v) is 9.95. The average Bonchev–Trinajstić information content (AvgIpc) is 2.99. The van der Waals surface area contributed by atoms with Crippen molar-refractivity contribution in [1.29, 1.82) is 0 Å². The van der Waals surface area contributed by atoms with Gasteiger partial charge in [0.15, 0.2) is 11.9 Å². The van der Waals surface area contributed by atoms with Gasteiger partial charge in [0.25, 0.3) is 5.91 Å². The van der Waals surface area contributed by atoms with Gasteiger partial charge < -0.3 is 14.8 Å². The van der Waals surface area contributed by atoms with Crippen LogP contribution in [0.5, 0.6) is 5.75 Å². The van der Waals surface area contributed by atoms with Crippen LogP contribution >= 0.6 is 11.3 Å². The number of rotatable bonds is 9. The molecule has 1 atom stereocenters. The molecule has 0 unspecified atom stereocenters. The average molecular weight is 404 g/mol. The smallest absolute Gasteiger partial charge is 0.307 e. The molecule has 0 aliphatic rings. The Labute approximate surface area is 168 Å². The molecule has 1 heterocycles. The number of esters is 1. The third kappa shape index (κ3) is 6.20. The van der Waals surface area contributed by atoms with E-state index in [9.17, 15) is 14.4 Å². The monoisotopic (exact) mass is 403 g/mol. The Bertz CT molecular complexity index is 841. The number of amides is 1. The fourth-order valence-corrected chi connectivity index (χ4v) is 3.56. The number of thiophene rings is 1. The summed E-state index contributed by atoms with van der Waals surface area (Å²) in [5, 5.41) is 2.68. The van der Waals surface area contributed by atoms with Gasteiger partial charge in [-0.15, -0.1) is 11.3 Å². The van der Waals surface area contributed by atoms with Crippen molar-refractivity contribution in [3.8, 4) is 5.75 Å². The molecule has 0 spiro atoms. The predicted octanol–water partition coefficient (Wildman–Crippen LogP) is 4.30. The molecule has 28 heavy (non-hydrogen) atoms. The molecule has 6 nitrogen and oxygen atoms in total. The van der Waals surface area contributed by atoms with E-state index in [1.54, 1.807) is 35.6 Å². The lowest BCUT2D eigenvalue weighted by Crippen LogP contribution is -2.30. The van der Waals surface area contributed by atoms with Gasteiger partial charge in [-0.05, 0) is 58.0 Å². The van der Waals surface area contributed by atoms with E-state index in [-0.39, 0.29) is 18.6 Å². The molecule has 0 radical (unpaired) electrons.